The maximum atomic E-state index is 13.3. The number of halogens is 2. The van der Waals surface area contributed by atoms with Crippen molar-refractivity contribution in [3.05, 3.63) is 40.3 Å². The Hall–Kier alpha value is -2.12. The lowest BCUT2D eigenvalue weighted by atomic mass is 9.95. The number of carbonyl (C=O) groups is 1. The fraction of sp³-hybridized carbons (Fsp3) is 0.474. The fourth-order valence-corrected chi connectivity index (χ4v) is 4.91. The first-order valence-electron chi connectivity index (χ1n) is 9.17. The van der Waals surface area contributed by atoms with Crippen LogP contribution < -0.4 is 16.8 Å². The Morgan fingerprint density at radius 3 is 2.59 bits per heavy atom. The number of anilines is 2. The van der Waals surface area contributed by atoms with Crippen LogP contribution in [0, 0.1) is 17.7 Å². The van der Waals surface area contributed by atoms with Crippen molar-refractivity contribution >= 4 is 29.0 Å². The molecule has 1 amide bonds. The summed E-state index contributed by atoms with van der Waals surface area (Å²) >= 11 is 5.80. The van der Waals surface area contributed by atoms with Crippen LogP contribution in [0.5, 0.6) is 0 Å². The number of hydrogen-bond acceptors (Lipinski definition) is 4. The van der Waals surface area contributed by atoms with Crippen LogP contribution in [-0.2, 0) is 7.05 Å². The standard InChI is InChI=1S/C19H23ClFN5O/c1-26-18(23)16(19(27)24-13-2-3-15(21)14(20)8-13)17(25-26)11-4-9-6-12(22)7-10(9)5-11/h2-3,8-12H,4-7,22-23H2,1H3,(H,24,27). The highest BCUT2D eigenvalue weighted by atomic mass is 35.5. The number of rotatable bonds is 3. The molecule has 0 radical (unpaired) electrons. The summed E-state index contributed by atoms with van der Waals surface area (Å²) in [7, 11) is 1.73. The van der Waals surface area contributed by atoms with Gasteiger partial charge in [-0.3, -0.25) is 9.48 Å². The number of fused-ring (bicyclic) bond motifs is 1. The first-order valence-corrected chi connectivity index (χ1v) is 9.55. The highest BCUT2D eigenvalue weighted by Gasteiger charge is 2.43. The Morgan fingerprint density at radius 2 is 1.96 bits per heavy atom. The van der Waals surface area contributed by atoms with E-state index in [-0.39, 0.29) is 16.8 Å². The van der Waals surface area contributed by atoms with Crippen LogP contribution in [0.4, 0.5) is 15.9 Å². The van der Waals surface area contributed by atoms with E-state index in [1.54, 1.807) is 11.7 Å². The van der Waals surface area contributed by atoms with Crippen molar-refractivity contribution in [3.63, 3.8) is 0 Å². The fourth-order valence-electron chi connectivity index (χ4n) is 4.73. The van der Waals surface area contributed by atoms with Gasteiger partial charge in [0.25, 0.3) is 5.91 Å². The zero-order valence-electron chi connectivity index (χ0n) is 15.1. The molecule has 8 heteroatoms. The molecular weight excluding hydrogens is 369 g/mol. The zero-order valence-corrected chi connectivity index (χ0v) is 15.8. The highest BCUT2D eigenvalue weighted by Crippen LogP contribution is 2.50. The predicted molar refractivity (Wildman–Crippen MR) is 103 cm³/mol. The Bertz CT molecular complexity index is 884. The molecule has 1 heterocycles. The Kier molecular flexibility index (Phi) is 4.60. The van der Waals surface area contributed by atoms with E-state index in [9.17, 15) is 9.18 Å². The van der Waals surface area contributed by atoms with Crippen molar-refractivity contribution in [1.29, 1.82) is 0 Å². The minimum absolute atomic E-state index is 0.0489. The van der Waals surface area contributed by atoms with Crippen LogP contribution >= 0.6 is 11.6 Å². The molecule has 2 aliphatic rings. The number of carbonyl (C=O) groups excluding carboxylic acids is 1. The lowest BCUT2D eigenvalue weighted by molar-refractivity contribution is 0.102. The number of benzene rings is 1. The van der Waals surface area contributed by atoms with Gasteiger partial charge in [-0.25, -0.2) is 4.39 Å². The number of aromatic nitrogens is 2. The van der Waals surface area contributed by atoms with E-state index < -0.39 is 5.82 Å². The topological polar surface area (TPSA) is 99.0 Å². The average molecular weight is 392 g/mol. The Balaban J connectivity index is 1.59. The minimum atomic E-state index is -0.535. The van der Waals surface area contributed by atoms with Crippen LogP contribution in [0.25, 0.3) is 0 Å². The second-order valence-corrected chi connectivity index (χ2v) is 8.18. The molecule has 2 aromatic rings. The van der Waals surface area contributed by atoms with Crippen LogP contribution in [0.2, 0.25) is 5.02 Å². The van der Waals surface area contributed by atoms with E-state index in [1.807, 2.05) is 0 Å². The molecule has 2 atom stereocenters. The van der Waals surface area contributed by atoms with Gasteiger partial charge < -0.3 is 16.8 Å². The maximum absolute atomic E-state index is 13.3. The summed E-state index contributed by atoms with van der Waals surface area (Å²) in [5.41, 5.74) is 13.8. The molecule has 2 unspecified atom stereocenters. The molecule has 0 aliphatic heterocycles. The molecule has 6 nitrogen and oxygen atoms in total. The first kappa shape index (κ1) is 18.3. The molecule has 0 saturated heterocycles. The first-order chi connectivity index (χ1) is 12.8. The van der Waals surface area contributed by atoms with Crippen molar-refractivity contribution in [3.8, 4) is 0 Å². The molecular formula is C19H23ClFN5O. The van der Waals surface area contributed by atoms with Gasteiger partial charge in [0.05, 0.1) is 10.7 Å². The van der Waals surface area contributed by atoms with E-state index in [4.69, 9.17) is 23.1 Å². The van der Waals surface area contributed by atoms with Crippen molar-refractivity contribution in [1.82, 2.24) is 9.78 Å². The third-order valence-corrected chi connectivity index (χ3v) is 6.25. The number of nitrogens with one attached hydrogen (secondary N) is 1. The summed E-state index contributed by atoms with van der Waals surface area (Å²) in [6.45, 7) is 0. The number of nitrogens with zero attached hydrogens (tertiary/aromatic N) is 2. The van der Waals surface area contributed by atoms with E-state index in [2.05, 4.69) is 10.4 Å². The van der Waals surface area contributed by atoms with Crippen molar-refractivity contribution in [2.45, 2.75) is 37.6 Å². The summed E-state index contributed by atoms with van der Waals surface area (Å²) < 4.78 is 14.9. The number of aryl methyl sites for hydroxylation is 1. The average Bonchev–Trinajstić information content (AvgIpc) is 3.22. The molecule has 5 N–H and O–H groups in total. The summed E-state index contributed by atoms with van der Waals surface area (Å²) in [6, 6.07) is 4.35. The van der Waals surface area contributed by atoms with Crippen LogP contribution in [0.15, 0.2) is 18.2 Å². The van der Waals surface area contributed by atoms with Gasteiger partial charge in [-0.2, -0.15) is 5.10 Å². The van der Waals surface area contributed by atoms with E-state index in [0.29, 0.717) is 34.9 Å². The van der Waals surface area contributed by atoms with E-state index in [0.717, 1.165) is 31.4 Å². The lowest BCUT2D eigenvalue weighted by Crippen LogP contribution is -2.18. The Morgan fingerprint density at radius 1 is 1.30 bits per heavy atom. The van der Waals surface area contributed by atoms with Gasteiger partial charge in [-0.1, -0.05) is 11.6 Å². The minimum Gasteiger partial charge on any atom is -0.383 e. The molecule has 0 spiro atoms. The molecule has 2 saturated carbocycles. The van der Waals surface area contributed by atoms with Gasteiger partial charge in [-0.15, -0.1) is 0 Å². The number of nitrogen functional groups attached to an aromatic ring is 1. The molecule has 144 valence electrons. The number of nitrogens with two attached hydrogens (primary N) is 2. The number of amides is 1. The van der Waals surface area contributed by atoms with Crippen molar-refractivity contribution in [2.24, 2.45) is 24.6 Å². The molecule has 1 aromatic carbocycles. The third kappa shape index (κ3) is 3.30. The van der Waals surface area contributed by atoms with Crippen molar-refractivity contribution < 1.29 is 9.18 Å². The largest absolute Gasteiger partial charge is 0.383 e. The molecule has 1 aromatic heterocycles. The van der Waals surface area contributed by atoms with E-state index in [1.165, 1.54) is 18.2 Å². The summed E-state index contributed by atoms with van der Waals surface area (Å²) in [6.07, 6.45) is 4.05. The van der Waals surface area contributed by atoms with Crippen molar-refractivity contribution in [2.75, 3.05) is 11.1 Å². The SMILES string of the molecule is Cn1nc(C2CC3CC(N)CC3C2)c(C(=O)Nc2ccc(F)c(Cl)c2)c1N. The van der Waals surface area contributed by atoms with Gasteiger partial charge in [0.1, 0.15) is 17.2 Å². The van der Waals surface area contributed by atoms with Gasteiger partial charge in [0.2, 0.25) is 0 Å². The molecule has 4 rings (SSSR count). The van der Waals surface area contributed by atoms with E-state index >= 15 is 0 Å². The Labute approximate surface area is 162 Å². The summed E-state index contributed by atoms with van der Waals surface area (Å²) in [4.78, 5) is 12.9. The normalized spacial score (nSPS) is 27.0. The van der Waals surface area contributed by atoms with Gasteiger partial charge in [0.15, 0.2) is 0 Å². The molecule has 0 bridgehead atoms. The van der Waals surface area contributed by atoms with Gasteiger partial charge in [-0.05, 0) is 55.7 Å². The second kappa shape index (κ2) is 6.80. The van der Waals surface area contributed by atoms with Gasteiger partial charge in [0, 0.05) is 24.7 Å². The quantitative estimate of drug-likeness (QED) is 0.747. The second-order valence-electron chi connectivity index (χ2n) is 7.77. The number of hydrogen-bond donors (Lipinski definition) is 3. The molecule has 2 fully saturated rings. The van der Waals surface area contributed by atoms with Crippen LogP contribution in [0.3, 0.4) is 0 Å². The monoisotopic (exact) mass is 391 g/mol. The third-order valence-electron chi connectivity index (χ3n) is 5.96. The highest BCUT2D eigenvalue weighted by molar-refractivity contribution is 6.31. The zero-order chi connectivity index (χ0) is 19.3. The maximum Gasteiger partial charge on any atom is 0.261 e. The summed E-state index contributed by atoms with van der Waals surface area (Å²) in [5, 5.41) is 7.26. The van der Waals surface area contributed by atoms with Crippen LogP contribution in [-0.4, -0.2) is 21.7 Å². The predicted octanol–water partition coefficient (Wildman–Crippen LogP) is 3.28. The summed E-state index contributed by atoms with van der Waals surface area (Å²) in [5.74, 6) is 0.831. The lowest BCUT2D eigenvalue weighted by Gasteiger charge is -2.13. The van der Waals surface area contributed by atoms with Gasteiger partial charge >= 0.3 is 0 Å². The molecule has 2 aliphatic carbocycles. The molecule has 27 heavy (non-hydrogen) atoms. The smallest absolute Gasteiger partial charge is 0.261 e. The van der Waals surface area contributed by atoms with Crippen LogP contribution in [0.1, 0.15) is 47.7 Å².